The van der Waals surface area contributed by atoms with Crippen molar-refractivity contribution in [2.45, 2.75) is 51.8 Å². The third kappa shape index (κ3) is 4.22. The number of carbonyl (C=O) groups excluding carboxylic acids is 3. The molecule has 3 aliphatic heterocycles. The first-order valence-electron chi connectivity index (χ1n) is 12.3. The SMILES string of the molecule is CCOC(=O)C1CCN(C(=O)c2cccc(N3C(=O)NC4CC3(C)Oc3ccc(C)cc34)c2)CC1. The van der Waals surface area contributed by atoms with E-state index >= 15 is 0 Å². The number of carbonyl (C=O) groups is 3. The Morgan fingerprint density at radius 3 is 2.69 bits per heavy atom. The fourth-order valence-electron chi connectivity index (χ4n) is 5.42. The molecular weight excluding hydrogens is 446 g/mol. The average Bonchev–Trinajstić information content (AvgIpc) is 2.84. The van der Waals surface area contributed by atoms with Crippen molar-refractivity contribution in [1.82, 2.24) is 10.2 Å². The van der Waals surface area contributed by atoms with E-state index in [-0.39, 0.29) is 29.9 Å². The van der Waals surface area contributed by atoms with E-state index in [0.717, 1.165) is 16.9 Å². The van der Waals surface area contributed by atoms with Crippen LogP contribution in [0.5, 0.6) is 5.75 Å². The summed E-state index contributed by atoms with van der Waals surface area (Å²) in [6.07, 6.45) is 1.77. The van der Waals surface area contributed by atoms with Crippen LogP contribution in [0.4, 0.5) is 10.5 Å². The molecule has 5 rings (SSSR count). The number of fused-ring (bicyclic) bond motifs is 4. The number of amides is 3. The van der Waals surface area contributed by atoms with Crippen molar-refractivity contribution in [1.29, 1.82) is 0 Å². The Hall–Kier alpha value is -3.55. The van der Waals surface area contributed by atoms with Crippen LogP contribution in [0, 0.1) is 12.8 Å². The van der Waals surface area contributed by atoms with Gasteiger partial charge in [0, 0.05) is 30.6 Å². The van der Waals surface area contributed by atoms with Crippen LogP contribution in [0.1, 0.15) is 60.6 Å². The molecule has 2 fully saturated rings. The van der Waals surface area contributed by atoms with E-state index in [1.165, 1.54) is 0 Å². The number of benzene rings is 2. The lowest BCUT2D eigenvalue weighted by Crippen LogP contribution is -2.65. The molecule has 35 heavy (non-hydrogen) atoms. The average molecular weight is 478 g/mol. The predicted molar refractivity (Wildman–Crippen MR) is 130 cm³/mol. The molecule has 2 saturated heterocycles. The van der Waals surface area contributed by atoms with Crippen LogP contribution in [0.25, 0.3) is 0 Å². The molecule has 3 aliphatic rings. The van der Waals surface area contributed by atoms with Crippen molar-refractivity contribution < 1.29 is 23.9 Å². The number of ether oxygens (including phenoxy) is 2. The first-order chi connectivity index (χ1) is 16.8. The zero-order valence-corrected chi connectivity index (χ0v) is 20.4. The zero-order chi connectivity index (χ0) is 24.7. The zero-order valence-electron chi connectivity index (χ0n) is 20.4. The number of likely N-dealkylation sites (tertiary alicyclic amines) is 1. The van der Waals surface area contributed by atoms with Gasteiger partial charge in [0.1, 0.15) is 5.75 Å². The van der Waals surface area contributed by atoms with Gasteiger partial charge in [0.25, 0.3) is 5.91 Å². The van der Waals surface area contributed by atoms with Gasteiger partial charge in [0.05, 0.1) is 24.3 Å². The molecule has 1 N–H and O–H groups in total. The van der Waals surface area contributed by atoms with Gasteiger partial charge < -0.3 is 19.7 Å². The molecule has 0 aromatic heterocycles. The molecule has 184 valence electrons. The van der Waals surface area contributed by atoms with Gasteiger partial charge in [0.2, 0.25) is 0 Å². The van der Waals surface area contributed by atoms with Crippen molar-refractivity contribution in [3.05, 3.63) is 59.2 Å². The molecule has 0 spiro atoms. The number of nitrogens with one attached hydrogen (secondary N) is 1. The van der Waals surface area contributed by atoms with Crippen molar-refractivity contribution >= 4 is 23.6 Å². The monoisotopic (exact) mass is 477 g/mol. The molecule has 2 unspecified atom stereocenters. The molecule has 2 aromatic carbocycles. The summed E-state index contributed by atoms with van der Waals surface area (Å²) in [6, 6.07) is 12.7. The largest absolute Gasteiger partial charge is 0.467 e. The Morgan fingerprint density at radius 1 is 1.17 bits per heavy atom. The second kappa shape index (κ2) is 8.91. The van der Waals surface area contributed by atoms with Crippen molar-refractivity contribution in [2.24, 2.45) is 5.92 Å². The van der Waals surface area contributed by atoms with Crippen LogP contribution >= 0.6 is 0 Å². The van der Waals surface area contributed by atoms with Crippen LogP contribution in [-0.4, -0.2) is 48.2 Å². The Kier molecular flexibility index (Phi) is 5.91. The van der Waals surface area contributed by atoms with Gasteiger partial charge in [-0.1, -0.05) is 23.8 Å². The maximum Gasteiger partial charge on any atom is 0.325 e. The Morgan fingerprint density at radius 2 is 1.94 bits per heavy atom. The lowest BCUT2D eigenvalue weighted by molar-refractivity contribution is -0.149. The molecule has 8 heteroatoms. The van der Waals surface area contributed by atoms with Crippen molar-refractivity contribution in [3.63, 3.8) is 0 Å². The fraction of sp³-hybridized carbons (Fsp3) is 0.444. The summed E-state index contributed by atoms with van der Waals surface area (Å²) in [4.78, 5) is 41.9. The number of anilines is 1. The highest BCUT2D eigenvalue weighted by Crippen LogP contribution is 2.45. The topological polar surface area (TPSA) is 88.2 Å². The number of hydrogen-bond donors (Lipinski definition) is 1. The molecule has 2 atom stereocenters. The van der Waals surface area contributed by atoms with E-state index in [0.29, 0.717) is 50.2 Å². The Bertz CT molecular complexity index is 1170. The van der Waals surface area contributed by atoms with Crippen LogP contribution in [0.3, 0.4) is 0 Å². The molecule has 2 bridgehead atoms. The minimum atomic E-state index is -0.880. The Balaban J connectivity index is 1.35. The third-order valence-corrected chi connectivity index (χ3v) is 7.18. The second-order valence-electron chi connectivity index (χ2n) is 9.73. The number of hydrogen-bond acceptors (Lipinski definition) is 5. The molecule has 2 aromatic rings. The van der Waals surface area contributed by atoms with Gasteiger partial charge in [-0.3, -0.25) is 14.5 Å². The number of esters is 1. The number of aryl methyl sites for hydroxylation is 1. The molecule has 8 nitrogen and oxygen atoms in total. The van der Waals surface area contributed by atoms with Gasteiger partial charge in [-0.2, -0.15) is 0 Å². The highest BCUT2D eigenvalue weighted by atomic mass is 16.5. The van der Waals surface area contributed by atoms with Crippen LogP contribution in [0.2, 0.25) is 0 Å². The first kappa shape index (κ1) is 23.2. The molecular formula is C27H31N3O5. The van der Waals surface area contributed by atoms with Crippen LogP contribution < -0.4 is 15.0 Å². The van der Waals surface area contributed by atoms with Gasteiger partial charge in [-0.05, 0) is 57.9 Å². The number of urea groups is 1. The number of rotatable bonds is 4. The minimum Gasteiger partial charge on any atom is -0.467 e. The lowest BCUT2D eigenvalue weighted by atomic mass is 9.89. The van der Waals surface area contributed by atoms with E-state index in [1.54, 1.807) is 34.9 Å². The number of nitrogens with zero attached hydrogens (tertiary/aromatic N) is 2. The van der Waals surface area contributed by atoms with E-state index in [1.807, 2.05) is 32.0 Å². The van der Waals surface area contributed by atoms with Crippen molar-refractivity contribution in [2.75, 3.05) is 24.6 Å². The van der Waals surface area contributed by atoms with Gasteiger partial charge in [-0.25, -0.2) is 4.79 Å². The predicted octanol–water partition coefficient (Wildman–Crippen LogP) is 4.18. The summed E-state index contributed by atoms with van der Waals surface area (Å²) in [5.74, 6) is 0.301. The summed E-state index contributed by atoms with van der Waals surface area (Å²) in [7, 11) is 0. The van der Waals surface area contributed by atoms with E-state index < -0.39 is 5.72 Å². The van der Waals surface area contributed by atoms with E-state index in [4.69, 9.17) is 9.47 Å². The van der Waals surface area contributed by atoms with Gasteiger partial charge >= 0.3 is 12.0 Å². The lowest BCUT2D eigenvalue weighted by Gasteiger charge is -2.50. The third-order valence-electron chi connectivity index (χ3n) is 7.18. The summed E-state index contributed by atoms with van der Waals surface area (Å²) in [6.45, 7) is 7.09. The van der Waals surface area contributed by atoms with Gasteiger partial charge in [-0.15, -0.1) is 0 Å². The fourth-order valence-corrected chi connectivity index (χ4v) is 5.42. The summed E-state index contributed by atoms with van der Waals surface area (Å²) < 4.78 is 11.5. The maximum atomic E-state index is 13.3. The molecule has 0 radical (unpaired) electrons. The second-order valence-corrected chi connectivity index (χ2v) is 9.73. The molecule has 0 saturated carbocycles. The van der Waals surface area contributed by atoms with Crippen LogP contribution in [-0.2, 0) is 9.53 Å². The summed E-state index contributed by atoms with van der Waals surface area (Å²) in [5, 5.41) is 3.11. The van der Waals surface area contributed by atoms with E-state index in [9.17, 15) is 14.4 Å². The quantitative estimate of drug-likeness (QED) is 0.668. The highest BCUT2D eigenvalue weighted by Gasteiger charge is 2.50. The minimum absolute atomic E-state index is 0.111. The van der Waals surface area contributed by atoms with Crippen LogP contribution in [0.15, 0.2) is 42.5 Å². The first-order valence-corrected chi connectivity index (χ1v) is 12.3. The van der Waals surface area contributed by atoms with Gasteiger partial charge in [0.15, 0.2) is 5.72 Å². The number of piperidine rings is 1. The van der Waals surface area contributed by atoms with Crippen molar-refractivity contribution in [3.8, 4) is 5.75 Å². The maximum absolute atomic E-state index is 13.3. The molecule has 3 amide bonds. The van der Waals surface area contributed by atoms with E-state index in [2.05, 4.69) is 11.4 Å². The smallest absolute Gasteiger partial charge is 0.325 e. The highest BCUT2D eigenvalue weighted by molar-refractivity contribution is 5.99. The summed E-state index contributed by atoms with van der Waals surface area (Å²) >= 11 is 0. The molecule has 0 aliphatic carbocycles. The standard InChI is InChI=1S/C27H31N3O5/c1-4-34-25(32)18-10-12-29(13-11-18)24(31)19-6-5-7-20(15-19)30-26(33)28-22-16-27(30,3)35-23-9-8-17(2)14-21(22)23/h5-9,14-15,18,22H,4,10-13,16H2,1-3H3,(H,28,33). The normalized spacial score (nSPS) is 23.7. The molecule has 3 heterocycles. The Labute approximate surface area is 205 Å². The summed E-state index contributed by atoms with van der Waals surface area (Å²) in [5.41, 5.74) is 2.33.